The van der Waals surface area contributed by atoms with Gasteiger partial charge in [0.2, 0.25) is 0 Å². The molecule has 0 N–H and O–H groups in total. The molecule has 2 heteroatoms. The monoisotopic (exact) mass is 313 g/mol. The van der Waals surface area contributed by atoms with Gasteiger partial charge in [-0.1, -0.05) is 52.0 Å². The summed E-state index contributed by atoms with van der Waals surface area (Å²) in [5.41, 5.74) is 9.39. The second-order valence-electron chi connectivity index (χ2n) is 5.65. The molecule has 1 heterocycles. The molecule has 0 aliphatic heterocycles. The Labute approximate surface area is 138 Å². The van der Waals surface area contributed by atoms with Crippen molar-refractivity contribution in [3.05, 3.63) is 69.9 Å². The fraction of sp³-hybridized carbons (Fsp3) is 0.263. The molecule has 0 saturated heterocycles. The Hall–Kier alpha value is -1.44. The third-order valence-corrected chi connectivity index (χ3v) is 4.61. The summed E-state index contributed by atoms with van der Waals surface area (Å²) >= 11 is 0. The van der Waals surface area contributed by atoms with E-state index in [0.717, 1.165) is 17.6 Å². The molecule has 0 unspecified atom stereocenters. The Balaban J connectivity index is 0.00000161. The first-order valence-corrected chi connectivity index (χ1v) is 7.14. The average molecular weight is 313 g/mol. The standard InChI is InChI=1S/C19H20N.V/c1-12-13(2)15(4)18(14(12)3)11-17-10-9-16-7-5-6-8-19(16)20-17;/h5-10H,11H2,1-4H3;/q-1;. The number of aromatic nitrogens is 1. The predicted octanol–water partition coefficient (Wildman–Crippen LogP) is 4.78. The summed E-state index contributed by atoms with van der Waals surface area (Å²) in [6, 6.07) is 12.6. The van der Waals surface area contributed by atoms with E-state index in [1.807, 2.05) is 6.07 Å². The molecular formula is C19H20NV-. The van der Waals surface area contributed by atoms with Crippen molar-refractivity contribution in [2.45, 2.75) is 34.1 Å². The minimum atomic E-state index is 0. The van der Waals surface area contributed by atoms with E-state index in [1.165, 1.54) is 33.2 Å². The van der Waals surface area contributed by atoms with E-state index in [9.17, 15) is 0 Å². The zero-order chi connectivity index (χ0) is 14.3. The second-order valence-corrected chi connectivity index (χ2v) is 5.65. The summed E-state index contributed by atoms with van der Waals surface area (Å²) in [5.74, 6) is 0. The molecule has 0 saturated carbocycles. The normalized spacial score (nSPS) is 10.7. The first kappa shape index (κ1) is 15.9. The van der Waals surface area contributed by atoms with Crippen molar-refractivity contribution >= 4 is 10.9 Å². The van der Waals surface area contributed by atoms with Gasteiger partial charge < -0.3 is 0 Å². The summed E-state index contributed by atoms with van der Waals surface area (Å²) in [6.45, 7) is 8.89. The molecule has 0 amide bonds. The van der Waals surface area contributed by atoms with Crippen molar-refractivity contribution in [1.82, 2.24) is 4.98 Å². The van der Waals surface area contributed by atoms with Gasteiger partial charge in [0.25, 0.3) is 0 Å². The van der Waals surface area contributed by atoms with Crippen molar-refractivity contribution in [2.75, 3.05) is 0 Å². The van der Waals surface area contributed by atoms with Crippen LogP contribution in [0.2, 0.25) is 0 Å². The second kappa shape index (κ2) is 6.13. The third kappa shape index (κ3) is 2.81. The van der Waals surface area contributed by atoms with Crippen molar-refractivity contribution in [1.29, 1.82) is 0 Å². The number of hydrogen-bond acceptors (Lipinski definition) is 1. The zero-order valence-electron chi connectivity index (χ0n) is 13.1. The SMILES string of the molecule is Cc1c(C)c(C)[c-](Cc2ccc3ccccc3n2)c1C.[V]. The van der Waals surface area contributed by atoms with Crippen LogP contribution in [0.3, 0.4) is 0 Å². The maximum atomic E-state index is 4.79. The van der Waals surface area contributed by atoms with Crippen molar-refractivity contribution in [3.8, 4) is 0 Å². The molecule has 21 heavy (non-hydrogen) atoms. The van der Waals surface area contributed by atoms with E-state index >= 15 is 0 Å². The number of rotatable bonds is 2. The molecule has 107 valence electrons. The molecule has 0 atom stereocenters. The molecular weight excluding hydrogens is 293 g/mol. The average Bonchev–Trinajstić information content (AvgIpc) is 2.65. The van der Waals surface area contributed by atoms with Crippen LogP contribution in [-0.4, -0.2) is 4.98 Å². The van der Waals surface area contributed by atoms with Crippen LogP contribution in [0.1, 0.15) is 33.5 Å². The Morgan fingerprint density at radius 3 is 2.14 bits per heavy atom. The Morgan fingerprint density at radius 1 is 0.857 bits per heavy atom. The van der Waals surface area contributed by atoms with E-state index in [-0.39, 0.29) is 18.6 Å². The summed E-state index contributed by atoms with van der Waals surface area (Å²) in [5, 5.41) is 1.21. The van der Waals surface area contributed by atoms with E-state index in [4.69, 9.17) is 4.98 Å². The number of benzene rings is 1. The fourth-order valence-electron chi connectivity index (χ4n) is 2.95. The zero-order valence-corrected chi connectivity index (χ0v) is 14.5. The molecule has 0 spiro atoms. The van der Waals surface area contributed by atoms with Crippen LogP contribution in [0, 0.1) is 27.7 Å². The van der Waals surface area contributed by atoms with Gasteiger partial charge in [-0.05, 0) is 18.6 Å². The van der Waals surface area contributed by atoms with Crippen molar-refractivity contribution in [2.24, 2.45) is 0 Å². The molecule has 1 nitrogen and oxygen atoms in total. The van der Waals surface area contributed by atoms with E-state index in [0.29, 0.717) is 0 Å². The first-order chi connectivity index (χ1) is 9.58. The van der Waals surface area contributed by atoms with Crippen LogP contribution in [0.5, 0.6) is 0 Å². The number of hydrogen-bond donors (Lipinski definition) is 0. The summed E-state index contributed by atoms with van der Waals surface area (Å²) < 4.78 is 0. The number of para-hydroxylation sites is 1. The third-order valence-electron chi connectivity index (χ3n) is 4.61. The van der Waals surface area contributed by atoms with Crippen LogP contribution >= 0.6 is 0 Å². The van der Waals surface area contributed by atoms with Gasteiger partial charge in [0.15, 0.2) is 0 Å². The summed E-state index contributed by atoms with van der Waals surface area (Å²) in [4.78, 5) is 4.79. The van der Waals surface area contributed by atoms with Gasteiger partial charge in [-0.15, -0.1) is 5.56 Å². The molecule has 3 aromatic rings. The minimum Gasteiger partial charge on any atom is -0.254 e. The number of fused-ring (bicyclic) bond motifs is 1. The van der Waals surface area contributed by atoms with Crippen molar-refractivity contribution < 1.29 is 18.6 Å². The smallest absolute Gasteiger partial charge is 0.0704 e. The molecule has 0 aliphatic carbocycles. The van der Waals surface area contributed by atoms with Crippen LogP contribution in [0.25, 0.3) is 10.9 Å². The van der Waals surface area contributed by atoms with Crippen LogP contribution < -0.4 is 0 Å². The fourth-order valence-corrected chi connectivity index (χ4v) is 2.95. The van der Waals surface area contributed by atoms with Gasteiger partial charge in [-0.2, -0.15) is 22.3 Å². The van der Waals surface area contributed by atoms with Gasteiger partial charge in [-0.3, -0.25) is 4.98 Å². The van der Waals surface area contributed by atoms with Crippen LogP contribution in [0.15, 0.2) is 36.4 Å². The van der Waals surface area contributed by atoms with Gasteiger partial charge in [0, 0.05) is 29.6 Å². The number of pyridine rings is 1. The summed E-state index contributed by atoms with van der Waals surface area (Å²) in [6.07, 6.45) is 0.928. The maximum absolute atomic E-state index is 4.79. The van der Waals surface area contributed by atoms with Gasteiger partial charge >= 0.3 is 0 Å². The Kier molecular flexibility index (Phi) is 4.65. The predicted molar refractivity (Wildman–Crippen MR) is 85.5 cm³/mol. The van der Waals surface area contributed by atoms with Gasteiger partial charge in [0.1, 0.15) is 0 Å². The topological polar surface area (TPSA) is 12.9 Å². The molecule has 0 aliphatic rings. The van der Waals surface area contributed by atoms with Gasteiger partial charge in [0.05, 0.1) is 5.52 Å². The van der Waals surface area contributed by atoms with Crippen LogP contribution in [-0.2, 0) is 25.0 Å². The van der Waals surface area contributed by atoms with E-state index < -0.39 is 0 Å². The molecule has 3 rings (SSSR count). The summed E-state index contributed by atoms with van der Waals surface area (Å²) in [7, 11) is 0. The number of nitrogens with zero attached hydrogens (tertiary/aromatic N) is 1. The molecule has 1 radical (unpaired) electrons. The largest absolute Gasteiger partial charge is 0.254 e. The maximum Gasteiger partial charge on any atom is 0.0704 e. The molecule has 0 bridgehead atoms. The van der Waals surface area contributed by atoms with E-state index in [2.05, 4.69) is 58.0 Å². The Morgan fingerprint density at radius 2 is 1.48 bits per heavy atom. The quantitative estimate of drug-likeness (QED) is 0.621. The van der Waals surface area contributed by atoms with Crippen LogP contribution in [0.4, 0.5) is 0 Å². The molecule has 2 aromatic carbocycles. The molecule has 1 aromatic heterocycles. The Bertz CT molecular complexity index is 758. The first-order valence-electron chi connectivity index (χ1n) is 7.14. The molecule has 0 fully saturated rings. The van der Waals surface area contributed by atoms with Gasteiger partial charge in [-0.25, -0.2) is 0 Å². The van der Waals surface area contributed by atoms with E-state index in [1.54, 1.807) is 0 Å². The van der Waals surface area contributed by atoms with Crippen molar-refractivity contribution in [3.63, 3.8) is 0 Å². The minimum absolute atomic E-state index is 0.